The summed E-state index contributed by atoms with van der Waals surface area (Å²) in [4.78, 5) is 0. The quantitative estimate of drug-likeness (QED) is 0.695. The zero-order chi connectivity index (χ0) is 13.5. The van der Waals surface area contributed by atoms with E-state index in [0.717, 1.165) is 20.0 Å². The Bertz CT molecular complexity index is 601. The minimum Gasteiger partial charge on any atom is -0.384 e. The van der Waals surface area contributed by atoms with Gasteiger partial charge in [0.05, 0.1) is 0 Å². The van der Waals surface area contributed by atoms with Gasteiger partial charge in [-0.3, -0.25) is 0 Å². The van der Waals surface area contributed by atoms with E-state index in [-0.39, 0.29) is 6.61 Å². The number of hydrogen-bond acceptors (Lipinski definition) is 6. The van der Waals surface area contributed by atoms with Crippen LogP contribution < -0.4 is 0 Å². The zero-order valence-corrected chi connectivity index (χ0v) is 12.7. The molecule has 0 bridgehead atoms. The van der Waals surface area contributed by atoms with E-state index in [4.69, 9.17) is 5.11 Å². The minimum absolute atomic E-state index is 0.110. The maximum atomic E-state index is 8.68. The van der Waals surface area contributed by atoms with E-state index in [1.165, 1.54) is 5.56 Å². The number of aliphatic hydroxyl groups excluding tert-OH is 1. The molecule has 1 heterocycles. The summed E-state index contributed by atoms with van der Waals surface area (Å²) >= 11 is 4.90. The molecule has 0 amide bonds. The highest BCUT2D eigenvalue weighted by Crippen LogP contribution is 2.29. The topological polar surface area (TPSA) is 46.0 Å². The van der Waals surface area contributed by atoms with Crippen LogP contribution in [-0.4, -0.2) is 28.2 Å². The first-order valence-electron chi connectivity index (χ1n) is 5.51. The first kappa shape index (κ1) is 14.4. The molecule has 2 aromatic rings. The Balaban J connectivity index is 1.99. The van der Waals surface area contributed by atoms with Crippen LogP contribution in [0.1, 0.15) is 11.1 Å². The second kappa shape index (κ2) is 7.56. The maximum absolute atomic E-state index is 8.68. The highest BCUT2D eigenvalue weighted by atomic mass is 32.2. The van der Waals surface area contributed by atoms with Crippen LogP contribution in [0.3, 0.4) is 0 Å². The molecule has 1 aromatic carbocycles. The predicted octanol–water partition coefficient (Wildman–Crippen LogP) is 2.90. The number of nitrogens with zero attached hydrogens (tertiary/aromatic N) is 2. The summed E-state index contributed by atoms with van der Waals surface area (Å²) in [5.41, 5.74) is 2.12. The van der Waals surface area contributed by atoms with Crippen molar-refractivity contribution in [2.45, 2.75) is 14.4 Å². The van der Waals surface area contributed by atoms with Gasteiger partial charge in [0.25, 0.3) is 0 Å². The molecule has 0 fully saturated rings. The molecular weight excluding hydrogens is 296 g/mol. The summed E-state index contributed by atoms with van der Waals surface area (Å²) in [7, 11) is 0. The molecule has 0 saturated heterocycles. The Morgan fingerprint density at radius 2 is 2.16 bits per heavy atom. The molecule has 0 unspecified atom stereocenters. The molecule has 1 aromatic heterocycles. The van der Waals surface area contributed by atoms with E-state index in [0.29, 0.717) is 0 Å². The molecule has 0 spiro atoms. The molecular formula is C13H12N2OS3. The highest BCUT2D eigenvalue weighted by Gasteiger charge is 2.04. The van der Waals surface area contributed by atoms with E-state index in [1.807, 2.05) is 24.5 Å². The molecule has 0 atom stereocenters. The Morgan fingerprint density at radius 3 is 2.89 bits per heavy atom. The van der Waals surface area contributed by atoms with E-state index in [1.54, 1.807) is 34.9 Å². The molecule has 1 N–H and O–H groups in total. The number of rotatable bonds is 4. The second-order valence-electron chi connectivity index (χ2n) is 3.49. The first-order chi connectivity index (χ1) is 9.31. The van der Waals surface area contributed by atoms with Gasteiger partial charge in [-0.05, 0) is 24.0 Å². The second-order valence-corrected chi connectivity index (χ2v) is 6.74. The molecule has 3 nitrogen and oxygen atoms in total. The van der Waals surface area contributed by atoms with E-state index in [9.17, 15) is 0 Å². The van der Waals surface area contributed by atoms with Crippen molar-refractivity contribution in [1.82, 2.24) is 10.2 Å². The van der Waals surface area contributed by atoms with Gasteiger partial charge < -0.3 is 5.11 Å². The summed E-state index contributed by atoms with van der Waals surface area (Å²) in [5, 5.41) is 16.9. The Kier molecular flexibility index (Phi) is 5.73. The average Bonchev–Trinajstić information content (AvgIpc) is 2.91. The lowest BCUT2D eigenvalue weighted by molar-refractivity contribution is 0.350. The van der Waals surface area contributed by atoms with Gasteiger partial charge >= 0.3 is 0 Å². The fourth-order valence-corrected chi connectivity index (χ4v) is 3.74. The smallest absolute Gasteiger partial charge is 0.175 e. The van der Waals surface area contributed by atoms with E-state index in [2.05, 4.69) is 28.1 Å². The predicted molar refractivity (Wildman–Crippen MR) is 81.7 cm³/mol. The lowest BCUT2D eigenvalue weighted by Crippen LogP contribution is -1.83. The summed E-state index contributed by atoms with van der Waals surface area (Å²) in [5.74, 6) is 6.41. The third kappa shape index (κ3) is 4.55. The van der Waals surface area contributed by atoms with Gasteiger partial charge in [0.15, 0.2) is 8.68 Å². The van der Waals surface area contributed by atoms with Crippen molar-refractivity contribution in [3.8, 4) is 11.8 Å². The molecule has 0 aliphatic carbocycles. The maximum Gasteiger partial charge on any atom is 0.175 e. The van der Waals surface area contributed by atoms with Crippen LogP contribution >= 0.6 is 34.9 Å². The lowest BCUT2D eigenvalue weighted by atomic mass is 10.1. The Hall–Kier alpha value is -1.00. The van der Waals surface area contributed by atoms with Gasteiger partial charge in [-0.15, -0.1) is 10.2 Å². The summed E-state index contributed by atoms with van der Waals surface area (Å²) in [6.07, 6.45) is 2.00. The van der Waals surface area contributed by atoms with E-state index >= 15 is 0 Å². The van der Waals surface area contributed by atoms with Crippen LogP contribution in [0.15, 0.2) is 32.9 Å². The largest absolute Gasteiger partial charge is 0.384 e. The van der Waals surface area contributed by atoms with Crippen LogP contribution in [0, 0.1) is 11.8 Å². The van der Waals surface area contributed by atoms with E-state index < -0.39 is 0 Å². The fraction of sp³-hybridized carbons (Fsp3) is 0.231. The summed E-state index contributed by atoms with van der Waals surface area (Å²) in [6, 6.07) is 8.01. The third-order valence-corrected chi connectivity index (χ3v) is 5.27. The van der Waals surface area contributed by atoms with Gasteiger partial charge in [0.1, 0.15) is 6.61 Å². The lowest BCUT2D eigenvalue weighted by Gasteiger charge is -1.99. The molecule has 98 valence electrons. The number of thioether (sulfide) groups is 2. The molecule has 0 radical (unpaired) electrons. The number of aliphatic hydroxyl groups is 1. The molecule has 0 saturated carbocycles. The van der Waals surface area contributed by atoms with Crippen molar-refractivity contribution in [2.24, 2.45) is 0 Å². The summed E-state index contributed by atoms with van der Waals surface area (Å²) < 4.78 is 1.97. The van der Waals surface area contributed by atoms with Crippen LogP contribution in [-0.2, 0) is 5.75 Å². The van der Waals surface area contributed by atoms with Crippen molar-refractivity contribution < 1.29 is 5.11 Å². The normalized spacial score (nSPS) is 10.0. The monoisotopic (exact) mass is 308 g/mol. The van der Waals surface area contributed by atoms with Gasteiger partial charge in [-0.2, -0.15) is 0 Å². The summed E-state index contributed by atoms with van der Waals surface area (Å²) in [6.45, 7) is -0.110. The SMILES string of the molecule is CSc1nnc(SCc2cccc(C#CCO)c2)s1. The van der Waals surface area contributed by atoms with Crippen LogP contribution in [0.4, 0.5) is 0 Å². The Labute approximate surface area is 124 Å². The number of benzene rings is 1. The third-order valence-electron chi connectivity index (χ3n) is 2.16. The van der Waals surface area contributed by atoms with Crippen molar-refractivity contribution in [1.29, 1.82) is 0 Å². The molecule has 0 aliphatic rings. The van der Waals surface area contributed by atoms with Gasteiger partial charge in [-0.25, -0.2) is 0 Å². The van der Waals surface area contributed by atoms with Crippen molar-refractivity contribution >= 4 is 34.9 Å². The molecule has 19 heavy (non-hydrogen) atoms. The zero-order valence-electron chi connectivity index (χ0n) is 10.3. The van der Waals surface area contributed by atoms with Crippen LogP contribution in [0.5, 0.6) is 0 Å². The average molecular weight is 308 g/mol. The van der Waals surface area contributed by atoms with Crippen molar-refractivity contribution in [3.63, 3.8) is 0 Å². The molecule has 6 heteroatoms. The first-order valence-corrected chi connectivity index (χ1v) is 8.53. The van der Waals surface area contributed by atoms with Gasteiger partial charge in [0.2, 0.25) is 0 Å². The van der Waals surface area contributed by atoms with Gasteiger partial charge in [0, 0.05) is 11.3 Å². The fourth-order valence-electron chi connectivity index (χ4n) is 1.36. The minimum atomic E-state index is -0.110. The van der Waals surface area contributed by atoms with Crippen LogP contribution in [0.2, 0.25) is 0 Å². The standard InChI is InChI=1S/C13H12N2OS3/c1-17-12-14-15-13(19-12)18-9-11-5-2-4-10(8-11)6-3-7-16/h2,4-5,8,16H,7,9H2,1H3. The van der Waals surface area contributed by atoms with Crippen LogP contribution in [0.25, 0.3) is 0 Å². The number of aromatic nitrogens is 2. The molecule has 0 aliphatic heterocycles. The number of hydrogen-bond donors (Lipinski definition) is 1. The van der Waals surface area contributed by atoms with Crippen molar-refractivity contribution in [2.75, 3.05) is 12.9 Å². The van der Waals surface area contributed by atoms with Crippen molar-refractivity contribution in [3.05, 3.63) is 35.4 Å². The van der Waals surface area contributed by atoms with Gasteiger partial charge in [-0.1, -0.05) is 58.8 Å². The Morgan fingerprint density at radius 1 is 1.32 bits per heavy atom. The molecule has 2 rings (SSSR count). The highest BCUT2D eigenvalue weighted by molar-refractivity contribution is 8.02.